The lowest BCUT2D eigenvalue weighted by atomic mass is 10.2. The number of nitrogen functional groups attached to an aromatic ring is 1. The summed E-state index contributed by atoms with van der Waals surface area (Å²) >= 11 is 11.7. The summed E-state index contributed by atoms with van der Waals surface area (Å²) in [5.74, 6) is -1.13. The lowest BCUT2D eigenvalue weighted by Crippen LogP contribution is -2.30. The van der Waals surface area contributed by atoms with E-state index in [2.05, 4.69) is 5.32 Å². The van der Waals surface area contributed by atoms with Crippen LogP contribution in [0.3, 0.4) is 0 Å². The Morgan fingerprint density at radius 3 is 2.39 bits per heavy atom. The van der Waals surface area contributed by atoms with Gasteiger partial charge in [-0.15, -0.1) is 0 Å². The molecule has 23 heavy (non-hydrogen) atoms. The number of esters is 1. The topological polar surface area (TPSA) is 81.4 Å². The van der Waals surface area contributed by atoms with Crippen molar-refractivity contribution in [2.45, 2.75) is 13.0 Å². The van der Waals surface area contributed by atoms with Crippen LogP contribution in [0, 0.1) is 0 Å². The van der Waals surface area contributed by atoms with E-state index >= 15 is 0 Å². The van der Waals surface area contributed by atoms with Crippen LogP contribution < -0.4 is 11.1 Å². The summed E-state index contributed by atoms with van der Waals surface area (Å²) in [6.07, 6.45) is -0.998. The quantitative estimate of drug-likeness (QED) is 0.648. The second-order valence-corrected chi connectivity index (χ2v) is 5.69. The lowest BCUT2D eigenvalue weighted by molar-refractivity contribution is -0.123. The zero-order valence-electron chi connectivity index (χ0n) is 12.2. The first kappa shape index (κ1) is 17.1. The van der Waals surface area contributed by atoms with Gasteiger partial charge in [-0.1, -0.05) is 29.3 Å². The Kier molecular flexibility index (Phi) is 5.47. The first-order valence-electron chi connectivity index (χ1n) is 6.68. The van der Waals surface area contributed by atoms with Gasteiger partial charge in [0.1, 0.15) is 0 Å². The molecule has 0 aliphatic rings. The smallest absolute Gasteiger partial charge is 0.338 e. The molecule has 1 unspecified atom stereocenters. The molecular weight excluding hydrogens is 339 g/mol. The van der Waals surface area contributed by atoms with E-state index in [9.17, 15) is 9.59 Å². The van der Waals surface area contributed by atoms with Gasteiger partial charge in [0.15, 0.2) is 6.10 Å². The van der Waals surface area contributed by atoms with Crippen LogP contribution in [-0.4, -0.2) is 18.0 Å². The monoisotopic (exact) mass is 352 g/mol. The Hall–Kier alpha value is -2.24. The molecule has 0 heterocycles. The SMILES string of the molecule is CC(OC(=O)c1cccc(N)c1)C(=O)Nc1cc(Cl)cc(Cl)c1. The van der Waals surface area contributed by atoms with Crippen molar-refractivity contribution in [3.63, 3.8) is 0 Å². The zero-order valence-corrected chi connectivity index (χ0v) is 13.7. The number of amides is 1. The summed E-state index contributed by atoms with van der Waals surface area (Å²) < 4.78 is 5.11. The second-order valence-electron chi connectivity index (χ2n) is 4.82. The maximum atomic E-state index is 12.1. The van der Waals surface area contributed by atoms with E-state index in [0.717, 1.165) is 0 Å². The van der Waals surface area contributed by atoms with Gasteiger partial charge in [0.2, 0.25) is 0 Å². The first-order valence-corrected chi connectivity index (χ1v) is 7.44. The lowest BCUT2D eigenvalue weighted by Gasteiger charge is -2.14. The van der Waals surface area contributed by atoms with E-state index in [4.69, 9.17) is 33.7 Å². The largest absolute Gasteiger partial charge is 0.449 e. The van der Waals surface area contributed by atoms with Gasteiger partial charge in [0, 0.05) is 21.4 Å². The van der Waals surface area contributed by atoms with Crippen LogP contribution in [0.4, 0.5) is 11.4 Å². The van der Waals surface area contributed by atoms with E-state index in [1.807, 2.05) is 0 Å². The maximum Gasteiger partial charge on any atom is 0.338 e. The van der Waals surface area contributed by atoms with Crippen molar-refractivity contribution < 1.29 is 14.3 Å². The number of hydrogen-bond acceptors (Lipinski definition) is 4. The van der Waals surface area contributed by atoms with Crippen molar-refractivity contribution in [1.82, 2.24) is 0 Å². The summed E-state index contributed by atoms with van der Waals surface area (Å²) in [6, 6.07) is 10.9. The molecule has 1 amide bonds. The summed E-state index contributed by atoms with van der Waals surface area (Å²) in [4.78, 5) is 24.0. The summed E-state index contributed by atoms with van der Waals surface area (Å²) in [7, 11) is 0. The van der Waals surface area contributed by atoms with Crippen molar-refractivity contribution >= 4 is 46.5 Å². The number of anilines is 2. The predicted molar refractivity (Wildman–Crippen MR) is 90.8 cm³/mol. The molecule has 1 atom stereocenters. The number of carbonyl (C=O) groups is 2. The maximum absolute atomic E-state index is 12.1. The van der Waals surface area contributed by atoms with Crippen molar-refractivity contribution in [2.75, 3.05) is 11.1 Å². The number of ether oxygens (including phenoxy) is 1. The average Bonchev–Trinajstić information content (AvgIpc) is 2.45. The zero-order chi connectivity index (χ0) is 17.0. The van der Waals surface area contributed by atoms with Gasteiger partial charge in [-0.3, -0.25) is 4.79 Å². The fourth-order valence-corrected chi connectivity index (χ4v) is 2.34. The van der Waals surface area contributed by atoms with E-state index in [0.29, 0.717) is 21.4 Å². The minimum Gasteiger partial charge on any atom is -0.449 e. The van der Waals surface area contributed by atoms with Crippen LogP contribution in [0.1, 0.15) is 17.3 Å². The molecule has 0 aliphatic heterocycles. The standard InChI is InChI=1S/C16H14Cl2N2O3/c1-9(23-16(22)10-3-2-4-13(19)5-10)15(21)20-14-7-11(17)6-12(18)8-14/h2-9H,19H2,1H3,(H,20,21). The number of hydrogen-bond donors (Lipinski definition) is 2. The number of nitrogens with two attached hydrogens (primary N) is 1. The molecule has 2 aromatic rings. The average molecular weight is 353 g/mol. The molecule has 0 bridgehead atoms. The Labute approximate surface area is 143 Å². The fraction of sp³-hybridized carbons (Fsp3) is 0.125. The van der Waals surface area contributed by atoms with Crippen LogP contribution in [0.25, 0.3) is 0 Å². The van der Waals surface area contributed by atoms with Gasteiger partial charge >= 0.3 is 5.97 Å². The van der Waals surface area contributed by atoms with Gasteiger partial charge in [0.05, 0.1) is 5.56 Å². The van der Waals surface area contributed by atoms with Gasteiger partial charge in [0.25, 0.3) is 5.91 Å². The fourth-order valence-electron chi connectivity index (χ4n) is 1.82. The highest BCUT2D eigenvalue weighted by atomic mass is 35.5. The van der Waals surface area contributed by atoms with Crippen molar-refractivity contribution in [1.29, 1.82) is 0 Å². The number of carbonyl (C=O) groups excluding carboxylic acids is 2. The Balaban J connectivity index is 2.01. The summed E-state index contributed by atoms with van der Waals surface area (Å²) in [5, 5.41) is 3.35. The molecule has 0 fully saturated rings. The third-order valence-corrected chi connectivity index (χ3v) is 3.34. The minimum atomic E-state index is -0.998. The minimum absolute atomic E-state index is 0.274. The third-order valence-electron chi connectivity index (χ3n) is 2.91. The molecule has 5 nitrogen and oxygen atoms in total. The van der Waals surface area contributed by atoms with Crippen molar-refractivity contribution in [3.05, 3.63) is 58.1 Å². The van der Waals surface area contributed by atoms with Crippen LogP contribution in [0.5, 0.6) is 0 Å². The van der Waals surface area contributed by atoms with Crippen molar-refractivity contribution in [2.24, 2.45) is 0 Å². The van der Waals surface area contributed by atoms with Gasteiger partial charge in [-0.2, -0.15) is 0 Å². The molecule has 2 rings (SSSR count). The molecule has 0 aromatic heterocycles. The van der Waals surface area contributed by atoms with Crippen LogP contribution in [-0.2, 0) is 9.53 Å². The summed E-state index contributed by atoms with van der Waals surface area (Å²) in [6.45, 7) is 1.46. The number of nitrogens with one attached hydrogen (secondary N) is 1. The molecule has 7 heteroatoms. The van der Waals surface area contributed by atoms with Crippen LogP contribution >= 0.6 is 23.2 Å². The predicted octanol–water partition coefficient (Wildman–Crippen LogP) is 3.76. The third kappa shape index (κ3) is 4.87. The second kappa shape index (κ2) is 7.35. The number of rotatable bonds is 4. The first-order chi connectivity index (χ1) is 10.8. The van der Waals surface area contributed by atoms with E-state index in [1.165, 1.54) is 25.1 Å². The molecular formula is C16H14Cl2N2O3. The molecule has 0 radical (unpaired) electrons. The van der Waals surface area contributed by atoms with Gasteiger partial charge in [-0.05, 0) is 43.3 Å². The highest BCUT2D eigenvalue weighted by Gasteiger charge is 2.19. The van der Waals surface area contributed by atoms with Crippen LogP contribution in [0.15, 0.2) is 42.5 Å². The Morgan fingerprint density at radius 1 is 1.13 bits per heavy atom. The summed E-state index contributed by atoms with van der Waals surface area (Å²) in [5.41, 5.74) is 6.73. The highest BCUT2D eigenvalue weighted by Crippen LogP contribution is 2.22. The highest BCUT2D eigenvalue weighted by molar-refractivity contribution is 6.35. The number of benzene rings is 2. The van der Waals surface area contributed by atoms with Crippen LogP contribution in [0.2, 0.25) is 10.0 Å². The van der Waals surface area contributed by atoms with E-state index in [1.54, 1.807) is 24.3 Å². The van der Waals surface area contributed by atoms with E-state index < -0.39 is 18.0 Å². The van der Waals surface area contributed by atoms with Gasteiger partial charge < -0.3 is 15.8 Å². The Morgan fingerprint density at radius 2 is 1.78 bits per heavy atom. The molecule has 0 aliphatic carbocycles. The molecule has 0 spiro atoms. The van der Waals surface area contributed by atoms with Crippen molar-refractivity contribution in [3.8, 4) is 0 Å². The molecule has 0 saturated heterocycles. The normalized spacial score (nSPS) is 11.6. The molecule has 0 saturated carbocycles. The molecule has 120 valence electrons. The van der Waals surface area contributed by atoms with E-state index in [-0.39, 0.29) is 5.56 Å². The molecule has 3 N–H and O–H groups in total. The molecule has 2 aromatic carbocycles. The Bertz CT molecular complexity index is 730. The number of halogens is 2. The van der Waals surface area contributed by atoms with Gasteiger partial charge in [-0.25, -0.2) is 4.79 Å².